The topological polar surface area (TPSA) is 61.7 Å². The third-order valence-corrected chi connectivity index (χ3v) is 14.3. The Kier molecular flexibility index (Phi) is 8.56. The molecule has 0 aliphatic carbocycles. The van der Waals surface area contributed by atoms with E-state index in [9.17, 15) is 0 Å². The summed E-state index contributed by atoms with van der Waals surface area (Å²) in [5.41, 5.74) is 13.1. The summed E-state index contributed by atoms with van der Waals surface area (Å²) >= 11 is 0. The number of rotatable bonds is 6. The molecule has 0 unspecified atom stereocenters. The molecule has 0 fully saturated rings. The Hall–Kier alpha value is -9.65. The van der Waals surface area contributed by atoms with Gasteiger partial charge in [-0.05, 0) is 82.4 Å². The number of hydrogen-bond donors (Lipinski definition) is 0. The van der Waals surface area contributed by atoms with Crippen LogP contribution in [0.3, 0.4) is 0 Å². The third kappa shape index (κ3) is 6.11. The van der Waals surface area contributed by atoms with Crippen molar-refractivity contribution in [1.82, 2.24) is 24.1 Å². The maximum atomic E-state index is 7.00. The second kappa shape index (κ2) is 15.4. The van der Waals surface area contributed by atoms with Gasteiger partial charge in [0, 0.05) is 71.7 Å². The van der Waals surface area contributed by atoms with E-state index in [1.165, 1.54) is 32.3 Å². The zero-order valence-electron chi connectivity index (χ0n) is 38.2. The van der Waals surface area contributed by atoms with E-state index in [4.69, 9.17) is 19.4 Å². The van der Waals surface area contributed by atoms with Crippen molar-refractivity contribution >= 4 is 87.1 Å². The Bertz CT molecular complexity index is 4630. The van der Waals surface area contributed by atoms with Gasteiger partial charge in [0.25, 0.3) is 0 Å². The van der Waals surface area contributed by atoms with E-state index >= 15 is 0 Å². The quantitative estimate of drug-likeness (QED) is 0.167. The number of benzene rings is 11. The Morgan fingerprint density at radius 2 is 0.944 bits per heavy atom. The van der Waals surface area contributed by atoms with Crippen molar-refractivity contribution in [3.05, 3.63) is 237 Å². The average Bonchev–Trinajstić information content (AvgIpc) is 4.10. The molecule has 0 radical (unpaired) electrons. The summed E-state index contributed by atoms with van der Waals surface area (Å²) in [6.45, 7) is 0. The predicted octanol–water partition coefficient (Wildman–Crippen LogP) is 16.9. The fourth-order valence-corrected chi connectivity index (χ4v) is 11.1. The molecule has 15 rings (SSSR count). The van der Waals surface area contributed by atoms with Crippen molar-refractivity contribution in [1.29, 1.82) is 0 Å². The van der Waals surface area contributed by atoms with Gasteiger partial charge in [-0.2, -0.15) is 0 Å². The van der Waals surface area contributed by atoms with Crippen LogP contribution in [0.4, 0.5) is 0 Å². The molecule has 0 amide bonds. The van der Waals surface area contributed by atoms with E-state index in [1.54, 1.807) is 0 Å². The van der Waals surface area contributed by atoms with Crippen molar-refractivity contribution in [3.63, 3.8) is 0 Å². The molecule has 330 valence electrons. The maximum absolute atomic E-state index is 7.00. The lowest BCUT2D eigenvalue weighted by Gasteiger charge is -2.16. The van der Waals surface area contributed by atoms with Gasteiger partial charge >= 0.3 is 0 Å². The molecule has 0 atom stereocenters. The summed E-state index contributed by atoms with van der Waals surface area (Å²) in [6, 6.07) is 83.9. The highest BCUT2D eigenvalue weighted by Gasteiger charge is 2.24. The molecule has 71 heavy (non-hydrogen) atoms. The minimum absolute atomic E-state index is 0.569. The Morgan fingerprint density at radius 3 is 1.75 bits per heavy atom. The van der Waals surface area contributed by atoms with Crippen LogP contribution in [0.1, 0.15) is 0 Å². The molecule has 0 spiro atoms. The maximum Gasteiger partial charge on any atom is 0.164 e. The molecule has 0 bridgehead atoms. The van der Waals surface area contributed by atoms with Crippen LogP contribution in [0.15, 0.2) is 241 Å². The molecule has 6 heteroatoms. The molecule has 4 aromatic heterocycles. The van der Waals surface area contributed by atoms with Crippen LogP contribution in [0, 0.1) is 0 Å². The normalized spacial score (nSPS) is 11.9. The number of fused-ring (bicyclic) bond motifs is 12. The lowest BCUT2D eigenvalue weighted by Crippen LogP contribution is -2.00. The standard InChI is InChI=1S/C65H39N5O/c1-4-17-40(18-5-1)51-38-54-60(39-58(51)70-57-37-44-23-11-10-22-43(44)35-53(57)49-33-31-41-19-12-13-26-47(41)62(49)70)71-59-30-16-28-50(61(54)59)65-67-63(42-20-6-2-7-21-42)66-64(68-65)45-32-34-56-52(36-45)48-27-14-15-29-55(48)69(56)46-24-8-3-9-25-46/h1-39H. The molecule has 6 nitrogen and oxygen atoms in total. The average molecular weight is 906 g/mol. The van der Waals surface area contributed by atoms with Crippen molar-refractivity contribution in [2.24, 2.45) is 0 Å². The summed E-state index contributed by atoms with van der Waals surface area (Å²) in [6.07, 6.45) is 0. The van der Waals surface area contributed by atoms with Crippen LogP contribution in [0.25, 0.3) is 144 Å². The Balaban J connectivity index is 0.985. The Morgan fingerprint density at radius 1 is 0.310 bits per heavy atom. The van der Waals surface area contributed by atoms with Crippen molar-refractivity contribution < 1.29 is 4.42 Å². The van der Waals surface area contributed by atoms with Gasteiger partial charge in [0.05, 0.1) is 27.8 Å². The first-order chi connectivity index (χ1) is 35.2. The van der Waals surface area contributed by atoms with Gasteiger partial charge in [0.2, 0.25) is 0 Å². The fraction of sp³-hybridized carbons (Fsp3) is 0. The SMILES string of the molecule is c1ccc(-c2nc(-c3ccc4c(c3)c3ccccc3n4-c3ccccc3)nc(-c3cccc4oc5cc(-n6c7cc8ccccc8cc7c7ccc8ccccc8c76)c(-c6ccccc6)cc5c34)n2)cc1. The third-order valence-electron chi connectivity index (χ3n) is 14.3. The van der Waals surface area contributed by atoms with Gasteiger partial charge in [-0.3, -0.25) is 0 Å². The first kappa shape index (κ1) is 39.4. The second-order valence-electron chi connectivity index (χ2n) is 18.3. The van der Waals surface area contributed by atoms with E-state index in [1.807, 2.05) is 24.3 Å². The Labute approximate surface area is 407 Å². The number of nitrogens with zero attached hydrogens (tertiary/aromatic N) is 5. The highest BCUT2D eigenvalue weighted by Crippen LogP contribution is 2.45. The van der Waals surface area contributed by atoms with Gasteiger partial charge < -0.3 is 13.6 Å². The number of furan rings is 1. The molecular formula is C65H39N5O. The number of aromatic nitrogens is 5. The minimum atomic E-state index is 0.569. The monoisotopic (exact) mass is 905 g/mol. The van der Waals surface area contributed by atoms with Gasteiger partial charge in [0.1, 0.15) is 11.2 Å². The van der Waals surface area contributed by atoms with E-state index in [-0.39, 0.29) is 0 Å². The van der Waals surface area contributed by atoms with E-state index in [0.29, 0.717) is 17.5 Å². The molecule has 15 aromatic rings. The molecule has 0 N–H and O–H groups in total. The fourth-order valence-electron chi connectivity index (χ4n) is 11.1. The summed E-state index contributed by atoms with van der Waals surface area (Å²) in [5.74, 6) is 1.76. The number of para-hydroxylation sites is 2. The highest BCUT2D eigenvalue weighted by molar-refractivity contribution is 6.22. The number of hydrogen-bond acceptors (Lipinski definition) is 4. The predicted molar refractivity (Wildman–Crippen MR) is 293 cm³/mol. The van der Waals surface area contributed by atoms with E-state index in [0.717, 1.165) is 94.0 Å². The largest absolute Gasteiger partial charge is 0.456 e. The van der Waals surface area contributed by atoms with Crippen molar-refractivity contribution in [3.8, 4) is 56.7 Å². The zero-order chi connectivity index (χ0) is 46.6. The van der Waals surface area contributed by atoms with Crippen LogP contribution in [0.5, 0.6) is 0 Å². The molecule has 11 aromatic carbocycles. The van der Waals surface area contributed by atoms with Crippen molar-refractivity contribution in [2.75, 3.05) is 0 Å². The molecule has 0 aliphatic rings. The van der Waals surface area contributed by atoms with Gasteiger partial charge in [0.15, 0.2) is 17.5 Å². The summed E-state index contributed by atoms with van der Waals surface area (Å²) in [7, 11) is 0. The molecule has 0 aliphatic heterocycles. The minimum Gasteiger partial charge on any atom is -0.456 e. The lowest BCUT2D eigenvalue weighted by atomic mass is 9.98. The van der Waals surface area contributed by atoms with Gasteiger partial charge in [-0.15, -0.1) is 0 Å². The van der Waals surface area contributed by atoms with E-state index < -0.39 is 0 Å². The highest BCUT2D eigenvalue weighted by atomic mass is 16.3. The van der Waals surface area contributed by atoms with Crippen LogP contribution in [0.2, 0.25) is 0 Å². The van der Waals surface area contributed by atoms with Crippen LogP contribution in [-0.4, -0.2) is 24.1 Å². The smallest absolute Gasteiger partial charge is 0.164 e. The molecule has 4 heterocycles. The lowest BCUT2D eigenvalue weighted by molar-refractivity contribution is 0.668. The van der Waals surface area contributed by atoms with Crippen LogP contribution in [-0.2, 0) is 0 Å². The summed E-state index contributed by atoms with van der Waals surface area (Å²) in [4.78, 5) is 15.9. The van der Waals surface area contributed by atoms with Gasteiger partial charge in [-0.25, -0.2) is 15.0 Å². The van der Waals surface area contributed by atoms with Gasteiger partial charge in [-0.1, -0.05) is 170 Å². The molecule has 0 saturated carbocycles. The van der Waals surface area contributed by atoms with Crippen molar-refractivity contribution in [2.45, 2.75) is 0 Å². The second-order valence-corrected chi connectivity index (χ2v) is 18.3. The van der Waals surface area contributed by atoms with E-state index in [2.05, 4.69) is 221 Å². The van der Waals surface area contributed by atoms with Crippen LogP contribution >= 0.6 is 0 Å². The first-order valence-corrected chi connectivity index (χ1v) is 24.0. The zero-order valence-corrected chi connectivity index (χ0v) is 38.2. The molecular weight excluding hydrogens is 867 g/mol. The summed E-state index contributed by atoms with van der Waals surface area (Å²) < 4.78 is 11.8. The first-order valence-electron chi connectivity index (χ1n) is 24.0. The summed E-state index contributed by atoms with van der Waals surface area (Å²) in [5, 5.41) is 11.4. The molecule has 0 saturated heterocycles. The van der Waals surface area contributed by atoms with Crippen LogP contribution < -0.4 is 0 Å².